The first-order valence-corrected chi connectivity index (χ1v) is 11.6. The van der Waals surface area contributed by atoms with Crippen molar-refractivity contribution in [3.63, 3.8) is 0 Å². The van der Waals surface area contributed by atoms with Crippen LogP contribution in [0.25, 0.3) is 11.3 Å². The molecule has 0 aliphatic carbocycles. The van der Waals surface area contributed by atoms with Gasteiger partial charge in [-0.1, -0.05) is 11.6 Å². The van der Waals surface area contributed by atoms with Crippen molar-refractivity contribution in [2.24, 2.45) is 0 Å². The number of rotatable bonds is 5. The Morgan fingerprint density at radius 3 is 2.47 bits per heavy atom. The molecule has 2 heterocycles. The van der Waals surface area contributed by atoms with E-state index in [2.05, 4.69) is 10.4 Å². The zero-order valence-electron chi connectivity index (χ0n) is 16.2. The lowest BCUT2D eigenvalue weighted by Crippen LogP contribution is -2.16. The topological polar surface area (TPSA) is 90.3 Å². The molecule has 0 saturated carbocycles. The van der Waals surface area contributed by atoms with Crippen molar-refractivity contribution >= 4 is 33.0 Å². The van der Waals surface area contributed by atoms with Crippen LogP contribution in [0.4, 0.5) is 5.69 Å². The van der Waals surface area contributed by atoms with Crippen LogP contribution in [0.3, 0.4) is 0 Å². The Morgan fingerprint density at radius 2 is 1.87 bits per heavy atom. The van der Waals surface area contributed by atoms with Gasteiger partial charge in [0.05, 0.1) is 30.4 Å². The van der Waals surface area contributed by atoms with Gasteiger partial charge < -0.3 is 10.1 Å². The quantitative estimate of drug-likeness (QED) is 0.644. The number of methoxy groups -OCH3 is 1. The van der Waals surface area contributed by atoms with Crippen molar-refractivity contribution in [2.45, 2.75) is 12.5 Å². The second-order valence-electron chi connectivity index (χ2n) is 7.11. The Morgan fingerprint density at radius 1 is 1.17 bits per heavy atom. The zero-order chi connectivity index (χ0) is 21.3. The number of sulfone groups is 1. The number of benzene rings is 2. The Bertz CT molecular complexity index is 1170. The van der Waals surface area contributed by atoms with E-state index in [1.807, 2.05) is 24.3 Å². The van der Waals surface area contributed by atoms with Crippen molar-refractivity contribution < 1.29 is 17.9 Å². The van der Waals surface area contributed by atoms with Gasteiger partial charge in [-0.25, -0.2) is 8.42 Å². The van der Waals surface area contributed by atoms with Gasteiger partial charge in [-0.3, -0.25) is 9.48 Å². The number of halogens is 1. The summed E-state index contributed by atoms with van der Waals surface area (Å²) in [6, 6.07) is 15.5. The predicted octanol–water partition coefficient (Wildman–Crippen LogP) is 3.82. The fourth-order valence-electron chi connectivity index (χ4n) is 3.46. The standard InChI is InChI=1S/C21H20ClN3O4S/c1-29-18-8-2-14(3-9-18)20-12-19(21(26)23-16-6-4-15(22)5-7-16)24-25(20)17-10-11-30(27,28)13-17/h2-9,12,17H,10-11,13H2,1H3,(H,23,26)/t17-/m0/s1. The largest absolute Gasteiger partial charge is 0.497 e. The Labute approximate surface area is 179 Å². The van der Waals surface area contributed by atoms with Gasteiger partial charge >= 0.3 is 0 Å². The molecule has 156 valence electrons. The van der Waals surface area contributed by atoms with E-state index >= 15 is 0 Å². The maximum atomic E-state index is 12.8. The first kappa shape index (κ1) is 20.4. The number of hydrogen-bond donors (Lipinski definition) is 1. The Hall–Kier alpha value is -2.84. The molecule has 2 aromatic carbocycles. The van der Waals surface area contributed by atoms with Crippen LogP contribution in [0.5, 0.6) is 5.75 Å². The summed E-state index contributed by atoms with van der Waals surface area (Å²) in [5.41, 5.74) is 2.30. The lowest BCUT2D eigenvalue weighted by atomic mass is 10.1. The Balaban J connectivity index is 1.69. The van der Waals surface area contributed by atoms with Gasteiger partial charge in [-0.2, -0.15) is 5.10 Å². The average molecular weight is 446 g/mol. The fraction of sp³-hybridized carbons (Fsp3) is 0.238. The average Bonchev–Trinajstić information content (AvgIpc) is 3.33. The van der Waals surface area contributed by atoms with Gasteiger partial charge in [-0.05, 0) is 61.0 Å². The van der Waals surface area contributed by atoms with Crippen molar-refractivity contribution in [1.29, 1.82) is 0 Å². The molecule has 0 unspecified atom stereocenters. The number of nitrogens with one attached hydrogen (secondary N) is 1. The molecule has 0 spiro atoms. The van der Waals surface area contributed by atoms with Crippen LogP contribution in [0.2, 0.25) is 5.02 Å². The first-order valence-electron chi connectivity index (χ1n) is 9.36. The van der Waals surface area contributed by atoms with E-state index < -0.39 is 9.84 Å². The summed E-state index contributed by atoms with van der Waals surface area (Å²) in [7, 11) is -1.53. The van der Waals surface area contributed by atoms with Gasteiger partial charge in [0.1, 0.15) is 5.75 Å². The van der Waals surface area contributed by atoms with Crippen molar-refractivity contribution in [1.82, 2.24) is 9.78 Å². The minimum atomic E-state index is -3.11. The van der Waals surface area contributed by atoms with E-state index in [0.29, 0.717) is 28.6 Å². The molecule has 1 aromatic heterocycles. The number of hydrogen-bond acceptors (Lipinski definition) is 5. The summed E-state index contributed by atoms with van der Waals surface area (Å²) in [6.45, 7) is 0. The molecule has 0 radical (unpaired) electrons. The molecule has 0 bridgehead atoms. The molecule has 9 heteroatoms. The summed E-state index contributed by atoms with van der Waals surface area (Å²) in [5.74, 6) is 0.447. The third-order valence-corrected chi connectivity index (χ3v) is 7.01. The molecular formula is C21H20ClN3O4S. The van der Waals surface area contributed by atoms with Crippen LogP contribution in [0.1, 0.15) is 23.0 Å². The van der Waals surface area contributed by atoms with Crippen LogP contribution in [0, 0.1) is 0 Å². The molecule has 4 rings (SSSR count). The minimum Gasteiger partial charge on any atom is -0.497 e. The summed E-state index contributed by atoms with van der Waals surface area (Å²) < 4.78 is 30.9. The lowest BCUT2D eigenvalue weighted by Gasteiger charge is -2.13. The summed E-state index contributed by atoms with van der Waals surface area (Å²) in [5, 5.41) is 7.83. The third-order valence-electron chi connectivity index (χ3n) is 5.01. The van der Waals surface area contributed by atoms with E-state index in [1.165, 1.54) is 0 Å². The molecule has 1 saturated heterocycles. The van der Waals surface area contributed by atoms with E-state index in [1.54, 1.807) is 42.1 Å². The molecule has 1 N–H and O–H groups in total. The second-order valence-corrected chi connectivity index (χ2v) is 9.77. The predicted molar refractivity (Wildman–Crippen MR) is 116 cm³/mol. The van der Waals surface area contributed by atoms with Crippen LogP contribution in [0.15, 0.2) is 54.6 Å². The lowest BCUT2D eigenvalue weighted by molar-refractivity contribution is 0.102. The number of anilines is 1. The molecule has 1 aliphatic rings. The first-order chi connectivity index (χ1) is 14.3. The van der Waals surface area contributed by atoms with Crippen LogP contribution in [-0.2, 0) is 9.84 Å². The molecule has 1 fully saturated rings. The summed E-state index contributed by atoms with van der Waals surface area (Å²) >= 11 is 5.89. The second kappa shape index (κ2) is 8.12. The molecule has 3 aromatic rings. The van der Waals surface area contributed by atoms with Gasteiger partial charge in [0.15, 0.2) is 15.5 Å². The summed E-state index contributed by atoms with van der Waals surface area (Å²) in [4.78, 5) is 12.8. The fourth-order valence-corrected chi connectivity index (χ4v) is 5.28. The van der Waals surface area contributed by atoms with E-state index in [-0.39, 0.29) is 29.1 Å². The molecule has 1 atom stereocenters. The van der Waals surface area contributed by atoms with Gasteiger partial charge in [0.2, 0.25) is 0 Å². The molecule has 7 nitrogen and oxygen atoms in total. The van der Waals surface area contributed by atoms with Crippen molar-refractivity contribution in [3.05, 3.63) is 65.3 Å². The molecular weight excluding hydrogens is 426 g/mol. The number of aromatic nitrogens is 2. The smallest absolute Gasteiger partial charge is 0.276 e. The third kappa shape index (κ3) is 4.34. The number of amides is 1. The van der Waals surface area contributed by atoms with Crippen molar-refractivity contribution in [3.8, 4) is 17.0 Å². The Kier molecular flexibility index (Phi) is 5.53. The summed E-state index contributed by atoms with van der Waals surface area (Å²) in [6.07, 6.45) is 0.464. The highest BCUT2D eigenvalue weighted by atomic mass is 35.5. The molecule has 30 heavy (non-hydrogen) atoms. The monoisotopic (exact) mass is 445 g/mol. The van der Waals surface area contributed by atoms with Gasteiger partial charge in [-0.15, -0.1) is 0 Å². The van der Waals surface area contributed by atoms with Crippen LogP contribution < -0.4 is 10.1 Å². The van der Waals surface area contributed by atoms with Crippen molar-refractivity contribution in [2.75, 3.05) is 23.9 Å². The maximum Gasteiger partial charge on any atom is 0.276 e. The van der Waals surface area contributed by atoms with Crippen LogP contribution in [-0.4, -0.2) is 42.7 Å². The molecule has 1 amide bonds. The minimum absolute atomic E-state index is 0.01000. The SMILES string of the molecule is COc1ccc(-c2cc(C(=O)Nc3ccc(Cl)cc3)nn2[C@H]2CCS(=O)(=O)C2)cc1. The highest BCUT2D eigenvalue weighted by Crippen LogP contribution is 2.31. The normalized spacial score (nSPS) is 17.6. The highest BCUT2D eigenvalue weighted by Gasteiger charge is 2.32. The van der Waals surface area contributed by atoms with E-state index in [4.69, 9.17) is 16.3 Å². The number of nitrogens with zero attached hydrogens (tertiary/aromatic N) is 2. The number of carbonyl (C=O) groups is 1. The zero-order valence-corrected chi connectivity index (χ0v) is 17.8. The maximum absolute atomic E-state index is 12.8. The van der Waals surface area contributed by atoms with E-state index in [9.17, 15) is 13.2 Å². The van der Waals surface area contributed by atoms with Gasteiger partial charge in [0.25, 0.3) is 5.91 Å². The molecule has 1 aliphatic heterocycles. The van der Waals surface area contributed by atoms with Gasteiger partial charge in [0, 0.05) is 16.3 Å². The highest BCUT2D eigenvalue weighted by molar-refractivity contribution is 7.91. The number of ether oxygens (including phenoxy) is 1. The van der Waals surface area contributed by atoms with E-state index in [0.717, 1.165) is 5.56 Å². The number of carbonyl (C=O) groups excluding carboxylic acids is 1. The van der Waals surface area contributed by atoms with Crippen LogP contribution >= 0.6 is 11.6 Å².